The Balaban J connectivity index is 0.0000102. The lowest BCUT2D eigenvalue weighted by atomic mass is 9.84. The van der Waals surface area contributed by atoms with E-state index in [-0.39, 0.29) is 12.4 Å². The summed E-state index contributed by atoms with van der Waals surface area (Å²) in [5.74, 6) is 0. The highest BCUT2D eigenvalue weighted by Crippen LogP contribution is 2.33. The first kappa shape index (κ1) is 32.4. The van der Waals surface area contributed by atoms with Gasteiger partial charge in [0.15, 0.2) is 0 Å². The van der Waals surface area contributed by atoms with Gasteiger partial charge in [-0.3, -0.25) is 4.98 Å². The Kier molecular flexibility index (Phi) is 22.7. The second-order valence-corrected chi connectivity index (χ2v) is 10.1. The van der Waals surface area contributed by atoms with E-state index in [2.05, 4.69) is 24.9 Å². The maximum atomic E-state index is 11.5. The Labute approximate surface area is 213 Å². The lowest BCUT2D eigenvalue weighted by Crippen LogP contribution is -2.26. The second-order valence-electron chi connectivity index (χ2n) is 10.1. The molecule has 0 spiro atoms. The summed E-state index contributed by atoms with van der Waals surface area (Å²) < 4.78 is 0. The molecular formula is C30H56ClNO. The quantitative estimate of drug-likeness (QED) is 0.158. The molecule has 194 valence electrons. The van der Waals surface area contributed by atoms with Gasteiger partial charge in [0.05, 0.1) is 5.60 Å². The zero-order valence-electron chi connectivity index (χ0n) is 22.2. The molecule has 0 aliphatic carbocycles. The van der Waals surface area contributed by atoms with Gasteiger partial charge in [0, 0.05) is 18.0 Å². The lowest BCUT2D eigenvalue weighted by Gasteiger charge is -2.29. The Morgan fingerprint density at radius 3 is 1.30 bits per heavy atom. The molecule has 33 heavy (non-hydrogen) atoms. The Morgan fingerprint density at radius 2 is 0.970 bits per heavy atom. The van der Waals surface area contributed by atoms with Gasteiger partial charge < -0.3 is 5.11 Å². The van der Waals surface area contributed by atoms with Gasteiger partial charge in [-0.05, 0) is 18.9 Å². The Bertz CT molecular complexity index is 483. The highest BCUT2D eigenvalue weighted by molar-refractivity contribution is 5.85. The van der Waals surface area contributed by atoms with E-state index >= 15 is 0 Å². The third kappa shape index (κ3) is 17.5. The minimum Gasteiger partial charge on any atom is -0.385 e. The first-order valence-corrected chi connectivity index (χ1v) is 14.4. The van der Waals surface area contributed by atoms with E-state index in [0.29, 0.717) is 0 Å². The molecule has 0 amide bonds. The van der Waals surface area contributed by atoms with Crippen molar-refractivity contribution in [2.75, 3.05) is 0 Å². The summed E-state index contributed by atoms with van der Waals surface area (Å²) in [5, 5.41) is 11.5. The van der Waals surface area contributed by atoms with E-state index in [0.717, 1.165) is 31.2 Å². The van der Waals surface area contributed by atoms with Gasteiger partial charge in [-0.25, -0.2) is 0 Å². The molecule has 0 saturated carbocycles. The number of hydrogen-bond acceptors (Lipinski definition) is 2. The normalized spacial score (nSPS) is 11.5. The van der Waals surface area contributed by atoms with Crippen molar-refractivity contribution >= 4 is 12.4 Å². The summed E-state index contributed by atoms with van der Waals surface area (Å²) in [4.78, 5) is 4.29. The lowest BCUT2D eigenvalue weighted by molar-refractivity contribution is 0.0129. The molecule has 0 fully saturated rings. The van der Waals surface area contributed by atoms with E-state index in [4.69, 9.17) is 0 Å². The van der Waals surface area contributed by atoms with Crippen molar-refractivity contribution < 1.29 is 5.11 Å². The van der Waals surface area contributed by atoms with Crippen LogP contribution in [0, 0.1) is 0 Å². The standard InChI is InChI=1S/C30H55NO.ClH/c1-3-5-7-9-11-13-15-17-19-21-25-30(32,29-24-23-27-31-28-29)26-22-20-18-16-14-12-10-8-6-4-2;/h23-24,27-28,32H,3-22,25-26H2,1-2H3;1H. The van der Waals surface area contributed by atoms with Crippen molar-refractivity contribution in [2.45, 2.75) is 161 Å². The van der Waals surface area contributed by atoms with E-state index in [9.17, 15) is 5.11 Å². The zero-order valence-corrected chi connectivity index (χ0v) is 23.0. The van der Waals surface area contributed by atoms with E-state index in [1.165, 1.54) is 116 Å². The molecule has 0 aliphatic rings. The van der Waals surface area contributed by atoms with Crippen LogP contribution in [0.1, 0.15) is 161 Å². The first-order chi connectivity index (χ1) is 15.7. The van der Waals surface area contributed by atoms with E-state index < -0.39 is 5.60 Å². The molecule has 1 aromatic heterocycles. The molecule has 1 rings (SSSR count). The summed E-state index contributed by atoms with van der Waals surface area (Å²) in [6, 6.07) is 4.04. The highest BCUT2D eigenvalue weighted by atomic mass is 35.5. The minimum atomic E-state index is -0.686. The van der Waals surface area contributed by atoms with E-state index in [1.807, 2.05) is 18.5 Å². The summed E-state index contributed by atoms with van der Waals surface area (Å²) in [6.45, 7) is 4.56. The largest absolute Gasteiger partial charge is 0.385 e. The molecule has 0 radical (unpaired) electrons. The van der Waals surface area contributed by atoms with Gasteiger partial charge in [-0.15, -0.1) is 12.4 Å². The summed E-state index contributed by atoms with van der Waals surface area (Å²) >= 11 is 0. The maximum absolute atomic E-state index is 11.5. The number of aliphatic hydroxyl groups is 1. The minimum absolute atomic E-state index is 0. The molecular weight excluding hydrogens is 426 g/mol. The van der Waals surface area contributed by atoms with Gasteiger partial charge in [-0.2, -0.15) is 0 Å². The molecule has 1 N–H and O–H groups in total. The molecule has 3 heteroatoms. The van der Waals surface area contributed by atoms with Crippen molar-refractivity contribution in [1.82, 2.24) is 4.98 Å². The monoisotopic (exact) mass is 481 g/mol. The van der Waals surface area contributed by atoms with Gasteiger partial charge in [-0.1, -0.05) is 148 Å². The van der Waals surface area contributed by atoms with E-state index in [1.54, 1.807) is 0 Å². The SMILES string of the molecule is CCCCCCCCCCCCC(O)(CCCCCCCCCCCC)c1cccnc1.Cl. The van der Waals surface area contributed by atoms with Gasteiger partial charge in [0.2, 0.25) is 0 Å². The zero-order chi connectivity index (χ0) is 23.2. The predicted molar refractivity (Wildman–Crippen MR) is 148 cm³/mol. The van der Waals surface area contributed by atoms with Crippen LogP contribution in [0.4, 0.5) is 0 Å². The fraction of sp³-hybridized carbons (Fsp3) is 0.833. The van der Waals surface area contributed by atoms with Crippen LogP contribution < -0.4 is 0 Å². The van der Waals surface area contributed by atoms with Crippen LogP contribution in [-0.4, -0.2) is 10.1 Å². The summed E-state index contributed by atoms with van der Waals surface area (Å²) in [5.41, 5.74) is 0.334. The highest BCUT2D eigenvalue weighted by Gasteiger charge is 2.28. The maximum Gasteiger partial charge on any atom is 0.0911 e. The smallest absolute Gasteiger partial charge is 0.0911 e. The molecule has 0 aromatic carbocycles. The topological polar surface area (TPSA) is 33.1 Å². The number of halogens is 1. The van der Waals surface area contributed by atoms with Crippen LogP contribution in [-0.2, 0) is 5.60 Å². The Morgan fingerprint density at radius 1 is 0.606 bits per heavy atom. The summed E-state index contributed by atoms with van der Waals surface area (Å²) in [6.07, 6.45) is 32.2. The van der Waals surface area contributed by atoms with Gasteiger partial charge in [0.25, 0.3) is 0 Å². The van der Waals surface area contributed by atoms with Gasteiger partial charge >= 0.3 is 0 Å². The summed E-state index contributed by atoms with van der Waals surface area (Å²) in [7, 11) is 0. The molecule has 0 saturated heterocycles. The molecule has 1 aromatic rings. The van der Waals surface area contributed by atoms with Crippen LogP contribution in [0.2, 0.25) is 0 Å². The first-order valence-electron chi connectivity index (χ1n) is 14.4. The average Bonchev–Trinajstić information content (AvgIpc) is 2.82. The van der Waals surface area contributed by atoms with Crippen LogP contribution >= 0.6 is 12.4 Å². The van der Waals surface area contributed by atoms with Crippen molar-refractivity contribution in [3.05, 3.63) is 30.1 Å². The number of aromatic nitrogens is 1. The number of nitrogens with zero attached hydrogens (tertiary/aromatic N) is 1. The fourth-order valence-electron chi connectivity index (χ4n) is 4.86. The fourth-order valence-corrected chi connectivity index (χ4v) is 4.86. The number of unbranched alkanes of at least 4 members (excludes halogenated alkanes) is 18. The van der Waals surface area contributed by atoms with Crippen LogP contribution in [0.15, 0.2) is 24.5 Å². The molecule has 0 aliphatic heterocycles. The third-order valence-electron chi connectivity index (χ3n) is 7.09. The second kappa shape index (κ2) is 23.2. The molecule has 0 bridgehead atoms. The molecule has 1 heterocycles. The van der Waals surface area contributed by atoms with Crippen molar-refractivity contribution in [2.24, 2.45) is 0 Å². The predicted octanol–water partition coefficient (Wildman–Crippen LogP) is 10.3. The molecule has 0 unspecified atom stereocenters. The van der Waals surface area contributed by atoms with Gasteiger partial charge in [0.1, 0.15) is 0 Å². The van der Waals surface area contributed by atoms with Crippen LogP contribution in [0.25, 0.3) is 0 Å². The number of rotatable bonds is 23. The Hall–Kier alpha value is -0.600. The van der Waals surface area contributed by atoms with Crippen molar-refractivity contribution in [3.63, 3.8) is 0 Å². The average molecular weight is 482 g/mol. The van der Waals surface area contributed by atoms with Crippen LogP contribution in [0.5, 0.6) is 0 Å². The number of hydrogen-bond donors (Lipinski definition) is 1. The van der Waals surface area contributed by atoms with Crippen LogP contribution in [0.3, 0.4) is 0 Å². The van der Waals surface area contributed by atoms with Crippen molar-refractivity contribution in [1.29, 1.82) is 0 Å². The number of pyridine rings is 1. The molecule has 0 atom stereocenters. The van der Waals surface area contributed by atoms with Crippen molar-refractivity contribution in [3.8, 4) is 0 Å². The third-order valence-corrected chi connectivity index (χ3v) is 7.09. The molecule has 2 nitrogen and oxygen atoms in total.